The number of ether oxygens (including phenoxy) is 2. The Morgan fingerprint density at radius 2 is 1.69 bits per heavy atom. The zero-order valence-corrected chi connectivity index (χ0v) is 18.9. The summed E-state index contributed by atoms with van der Waals surface area (Å²) in [7, 11) is 0. The quantitative estimate of drug-likeness (QED) is 0.430. The fourth-order valence-electron chi connectivity index (χ4n) is 5.86. The van der Waals surface area contributed by atoms with Crippen molar-refractivity contribution in [1.29, 1.82) is 0 Å². The lowest BCUT2D eigenvalue weighted by molar-refractivity contribution is 0.0272. The molecular formula is C28H30N2O2. The van der Waals surface area contributed by atoms with Gasteiger partial charge in [-0.3, -0.25) is 4.90 Å². The van der Waals surface area contributed by atoms with Crippen LogP contribution in [-0.2, 0) is 4.74 Å². The molecule has 4 heteroatoms. The average Bonchev–Trinajstić information content (AvgIpc) is 3.14. The van der Waals surface area contributed by atoms with Crippen LogP contribution in [-0.4, -0.2) is 48.9 Å². The van der Waals surface area contributed by atoms with Crippen molar-refractivity contribution in [1.82, 2.24) is 9.47 Å². The second-order valence-corrected chi connectivity index (χ2v) is 9.19. The lowest BCUT2D eigenvalue weighted by Gasteiger charge is -2.34. The summed E-state index contributed by atoms with van der Waals surface area (Å²) < 4.78 is 14.4. The van der Waals surface area contributed by atoms with E-state index in [0.717, 1.165) is 45.2 Å². The molecule has 0 aliphatic carbocycles. The molecule has 1 fully saturated rings. The van der Waals surface area contributed by atoms with E-state index in [-0.39, 0.29) is 0 Å². The Kier molecular flexibility index (Phi) is 4.93. The van der Waals surface area contributed by atoms with E-state index < -0.39 is 0 Å². The van der Waals surface area contributed by atoms with Crippen LogP contribution in [0, 0.1) is 6.92 Å². The summed E-state index contributed by atoms with van der Waals surface area (Å²) in [5.41, 5.74) is 5.45. The van der Waals surface area contributed by atoms with Gasteiger partial charge in [0.15, 0.2) is 0 Å². The summed E-state index contributed by atoms with van der Waals surface area (Å²) >= 11 is 0. The predicted molar refractivity (Wildman–Crippen MR) is 130 cm³/mol. The largest absolute Gasteiger partial charge is 0.489 e. The topological polar surface area (TPSA) is 26.6 Å². The van der Waals surface area contributed by atoms with Gasteiger partial charge in [-0.2, -0.15) is 0 Å². The van der Waals surface area contributed by atoms with Crippen LogP contribution in [0.5, 0.6) is 5.75 Å². The third-order valence-corrected chi connectivity index (χ3v) is 7.37. The summed E-state index contributed by atoms with van der Waals surface area (Å²) in [5.74, 6) is 1.31. The molecule has 164 valence electrons. The molecule has 2 atom stereocenters. The van der Waals surface area contributed by atoms with E-state index in [4.69, 9.17) is 9.47 Å². The van der Waals surface area contributed by atoms with Gasteiger partial charge in [0.1, 0.15) is 12.4 Å². The summed E-state index contributed by atoms with van der Waals surface area (Å²) in [6.07, 6.45) is 0. The molecule has 0 amide bonds. The molecule has 3 aromatic carbocycles. The van der Waals surface area contributed by atoms with Crippen LogP contribution in [0.3, 0.4) is 0 Å². The molecule has 2 aliphatic rings. The van der Waals surface area contributed by atoms with Crippen molar-refractivity contribution >= 4 is 21.7 Å². The molecule has 0 N–H and O–H groups in total. The highest BCUT2D eigenvalue weighted by atomic mass is 16.5. The van der Waals surface area contributed by atoms with Gasteiger partial charge in [-0.25, -0.2) is 0 Å². The van der Waals surface area contributed by atoms with E-state index >= 15 is 0 Å². The normalized spacial score (nSPS) is 19.9. The van der Waals surface area contributed by atoms with Gasteiger partial charge in [-0.1, -0.05) is 61.5 Å². The zero-order valence-electron chi connectivity index (χ0n) is 18.9. The first-order valence-corrected chi connectivity index (χ1v) is 11.8. The number of hydrogen-bond donors (Lipinski definition) is 0. The SMILES string of the molecule is Cc1c(C(C)c2cccc3ccccc23)c2cccc3c2n1C(CN1CCOCC1)CO3. The van der Waals surface area contributed by atoms with Crippen LogP contribution >= 0.6 is 0 Å². The number of rotatable bonds is 4. The van der Waals surface area contributed by atoms with Crippen molar-refractivity contribution in [2.24, 2.45) is 0 Å². The van der Waals surface area contributed by atoms with Crippen LogP contribution in [0.2, 0.25) is 0 Å². The first kappa shape index (κ1) is 19.8. The smallest absolute Gasteiger partial charge is 0.143 e. The highest BCUT2D eigenvalue weighted by Crippen LogP contribution is 2.43. The maximum absolute atomic E-state index is 6.29. The number of morpholine rings is 1. The summed E-state index contributed by atoms with van der Waals surface area (Å²) in [5, 5.41) is 3.97. The van der Waals surface area contributed by atoms with E-state index in [1.165, 1.54) is 38.5 Å². The molecule has 2 unspecified atom stereocenters. The highest BCUT2D eigenvalue weighted by molar-refractivity contribution is 5.93. The lowest BCUT2D eigenvalue weighted by Crippen LogP contribution is -2.42. The fourth-order valence-corrected chi connectivity index (χ4v) is 5.86. The zero-order chi connectivity index (χ0) is 21.7. The number of fused-ring (bicyclic) bond motifs is 1. The Bertz CT molecular complexity index is 1280. The van der Waals surface area contributed by atoms with Gasteiger partial charge in [0.2, 0.25) is 0 Å². The molecule has 4 aromatic rings. The number of para-hydroxylation sites is 1. The number of benzene rings is 3. The fraction of sp³-hybridized carbons (Fsp3) is 0.357. The Hall–Kier alpha value is -2.82. The van der Waals surface area contributed by atoms with Gasteiger partial charge < -0.3 is 14.0 Å². The van der Waals surface area contributed by atoms with E-state index in [1.807, 2.05) is 0 Å². The maximum Gasteiger partial charge on any atom is 0.143 e. The molecule has 6 rings (SSSR count). The van der Waals surface area contributed by atoms with E-state index in [0.29, 0.717) is 12.0 Å². The first-order valence-electron chi connectivity index (χ1n) is 11.8. The average molecular weight is 427 g/mol. The van der Waals surface area contributed by atoms with Crippen molar-refractivity contribution in [3.05, 3.63) is 77.5 Å². The minimum Gasteiger partial charge on any atom is -0.489 e. The van der Waals surface area contributed by atoms with Crippen LogP contribution in [0.1, 0.15) is 35.7 Å². The molecule has 0 spiro atoms. The predicted octanol–water partition coefficient (Wildman–Crippen LogP) is 5.52. The standard InChI is InChI=1S/C28H30N2O2/c1-19(23-10-5-8-21-7-3-4-9-24(21)23)27-20(2)30-22(17-29-13-15-31-16-14-29)18-32-26-12-6-11-25(27)28(26)30/h3-12,19,22H,13-18H2,1-2H3. The van der Waals surface area contributed by atoms with E-state index in [1.54, 1.807) is 0 Å². The van der Waals surface area contributed by atoms with Crippen LogP contribution < -0.4 is 4.74 Å². The molecule has 0 bridgehead atoms. The summed E-state index contributed by atoms with van der Waals surface area (Å²) in [4.78, 5) is 2.52. The van der Waals surface area contributed by atoms with Crippen molar-refractivity contribution in [3.8, 4) is 5.75 Å². The molecule has 1 saturated heterocycles. The van der Waals surface area contributed by atoms with Crippen molar-refractivity contribution < 1.29 is 9.47 Å². The molecule has 2 aliphatic heterocycles. The summed E-state index contributed by atoms with van der Waals surface area (Å²) in [6, 6.07) is 22.3. The Labute approximate surface area is 189 Å². The van der Waals surface area contributed by atoms with Crippen molar-refractivity contribution in [2.75, 3.05) is 39.5 Å². The molecule has 32 heavy (non-hydrogen) atoms. The third kappa shape index (κ3) is 3.13. The molecule has 0 radical (unpaired) electrons. The first-order chi connectivity index (χ1) is 15.7. The van der Waals surface area contributed by atoms with Crippen LogP contribution in [0.25, 0.3) is 21.7 Å². The van der Waals surface area contributed by atoms with Gasteiger partial charge in [0.25, 0.3) is 0 Å². The number of aromatic nitrogens is 1. The Balaban J connectivity index is 1.49. The van der Waals surface area contributed by atoms with Gasteiger partial charge in [-0.15, -0.1) is 0 Å². The van der Waals surface area contributed by atoms with Gasteiger partial charge in [-0.05, 0) is 34.9 Å². The van der Waals surface area contributed by atoms with E-state index in [2.05, 4.69) is 84.0 Å². The monoisotopic (exact) mass is 426 g/mol. The Morgan fingerprint density at radius 3 is 2.56 bits per heavy atom. The molecule has 3 heterocycles. The van der Waals surface area contributed by atoms with E-state index in [9.17, 15) is 0 Å². The van der Waals surface area contributed by atoms with Crippen LogP contribution in [0.4, 0.5) is 0 Å². The van der Waals surface area contributed by atoms with Crippen molar-refractivity contribution in [3.63, 3.8) is 0 Å². The maximum atomic E-state index is 6.29. The molecule has 1 aromatic heterocycles. The Morgan fingerprint density at radius 1 is 0.938 bits per heavy atom. The van der Waals surface area contributed by atoms with Gasteiger partial charge in [0, 0.05) is 36.6 Å². The molecular weight excluding hydrogens is 396 g/mol. The van der Waals surface area contributed by atoms with Gasteiger partial charge >= 0.3 is 0 Å². The second kappa shape index (κ2) is 7.95. The van der Waals surface area contributed by atoms with Crippen LogP contribution in [0.15, 0.2) is 60.7 Å². The van der Waals surface area contributed by atoms with Gasteiger partial charge in [0.05, 0.1) is 24.8 Å². The van der Waals surface area contributed by atoms with Crippen molar-refractivity contribution in [2.45, 2.75) is 25.8 Å². The number of hydrogen-bond acceptors (Lipinski definition) is 3. The highest BCUT2D eigenvalue weighted by Gasteiger charge is 2.31. The lowest BCUT2D eigenvalue weighted by atomic mass is 9.88. The molecule has 4 nitrogen and oxygen atoms in total. The third-order valence-electron chi connectivity index (χ3n) is 7.37. The number of nitrogens with zero attached hydrogens (tertiary/aromatic N) is 2. The molecule has 0 saturated carbocycles. The second-order valence-electron chi connectivity index (χ2n) is 9.19. The minimum absolute atomic E-state index is 0.294. The summed E-state index contributed by atoms with van der Waals surface area (Å²) in [6.45, 7) is 10.0. The minimum atomic E-state index is 0.294.